The molecule has 0 aliphatic heterocycles. The molecule has 3 aromatic rings. The third kappa shape index (κ3) is 4.88. The largest absolute Gasteiger partial charge is 0.497 e. The number of pyridine rings is 1. The Labute approximate surface area is 186 Å². The van der Waals surface area contributed by atoms with Crippen molar-refractivity contribution in [1.82, 2.24) is 20.0 Å². The Hall–Kier alpha value is -3.88. The number of aryl methyl sites for hydroxylation is 1. The zero-order chi connectivity index (χ0) is 23.3. The molecule has 2 heterocycles. The third-order valence-corrected chi connectivity index (χ3v) is 4.98. The van der Waals surface area contributed by atoms with E-state index < -0.39 is 0 Å². The van der Waals surface area contributed by atoms with Gasteiger partial charge in [-0.15, -0.1) is 0 Å². The second-order valence-electron chi connectivity index (χ2n) is 7.22. The SMILES string of the molecule is CCc1nc2ccc(C(=O)NCCNC(C)=O)cn2c1N(C)C(=O)c1cccc(OC)c1. The summed E-state index contributed by atoms with van der Waals surface area (Å²) in [5.74, 6) is 0.543. The van der Waals surface area contributed by atoms with Gasteiger partial charge in [0.05, 0.1) is 18.4 Å². The van der Waals surface area contributed by atoms with Crippen LogP contribution in [0.2, 0.25) is 0 Å². The van der Waals surface area contributed by atoms with E-state index in [1.165, 1.54) is 11.8 Å². The number of carbonyl (C=O) groups is 3. The number of anilines is 1. The first kappa shape index (κ1) is 22.8. The number of ether oxygens (including phenoxy) is 1. The summed E-state index contributed by atoms with van der Waals surface area (Å²) < 4.78 is 6.98. The Balaban J connectivity index is 1.91. The van der Waals surface area contributed by atoms with Crippen LogP contribution in [-0.4, -0.2) is 54.4 Å². The van der Waals surface area contributed by atoms with Gasteiger partial charge in [-0.2, -0.15) is 0 Å². The van der Waals surface area contributed by atoms with Gasteiger partial charge in [-0.3, -0.25) is 23.7 Å². The molecule has 0 atom stereocenters. The van der Waals surface area contributed by atoms with E-state index in [1.54, 1.807) is 61.2 Å². The van der Waals surface area contributed by atoms with Crippen LogP contribution in [0, 0.1) is 0 Å². The average molecular weight is 438 g/mol. The van der Waals surface area contributed by atoms with Crippen LogP contribution in [0.3, 0.4) is 0 Å². The molecule has 0 bridgehead atoms. The van der Waals surface area contributed by atoms with Crippen molar-refractivity contribution < 1.29 is 19.1 Å². The molecule has 0 spiro atoms. The van der Waals surface area contributed by atoms with Crippen LogP contribution in [0.15, 0.2) is 42.6 Å². The topological polar surface area (TPSA) is 105 Å². The standard InChI is InChI=1S/C23H27N5O4/c1-5-19-22(27(3)23(31)16-7-6-8-18(13-16)32-4)28-14-17(9-10-20(28)26-19)21(30)25-12-11-24-15(2)29/h6-10,13-14H,5,11-12H2,1-4H3,(H,24,29)(H,25,30). The van der Waals surface area contributed by atoms with E-state index in [9.17, 15) is 14.4 Å². The lowest BCUT2D eigenvalue weighted by Crippen LogP contribution is -2.33. The molecule has 1 aromatic carbocycles. The summed E-state index contributed by atoms with van der Waals surface area (Å²) in [6.07, 6.45) is 2.28. The van der Waals surface area contributed by atoms with Crippen molar-refractivity contribution >= 4 is 29.2 Å². The molecule has 0 unspecified atom stereocenters. The summed E-state index contributed by atoms with van der Waals surface area (Å²) in [6.45, 7) is 4.04. The lowest BCUT2D eigenvalue weighted by molar-refractivity contribution is -0.118. The smallest absolute Gasteiger partial charge is 0.259 e. The molecular weight excluding hydrogens is 410 g/mol. The number of fused-ring (bicyclic) bond motifs is 1. The van der Waals surface area contributed by atoms with Gasteiger partial charge in [-0.25, -0.2) is 4.98 Å². The van der Waals surface area contributed by atoms with Crippen LogP contribution in [0.1, 0.15) is 40.3 Å². The third-order valence-electron chi connectivity index (χ3n) is 4.98. The van der Waals surface area contributed by atoms with E-state index >= 15 is 0 Å². The monoisotopic (exact) mass is 437 g/mol. The highest BCUT2D eigenvalue weighted by Crippen LogP contribution is 2.25. The second kappa shape index (κ2) is 9.95. The highest BCUT2D eigenvalue weighted by atomic mass is 16.5. The molecular formula is C23H27N5O4. The first-order chi connectivity index (χ1) is 15.3. The minimum Gasteiger partial charge on any atom is -0.497 e. The highest BCUT2D eigenvalue weighted by Gasteiger charge is 2.22. The number of hydrogen-bond acceptors (Lipinski definition) is 5. The predicted octanol–water partition coefficient (Wildman–Crippen LogP) is 2.05. The van der Waals surface area contributed by atoms with Crippen LogP contribution in [0.4, 0.5) is 5.82 Å². The van der Waals surface area contributed by atoms with Crippen LogP contribution >= 0.6 is 0 Å². The van der Waals surface area contributed by atoms with Gasteiger partial charge in [0.2, 0.25) is 5.91 Å². The summed E-state index contributed by atoms with van der Waals surface area (Å²) in [4.78, 5) is 42.9. The van der Waals surface area contributed by atoms with Gasteiger partial charge in [0.25, 0.3) is 11.8 Å². The van der Waals surface area contributed by atoms with Crippen molar-refractivity contribution in [1.29, 1.82) is 0 Å². The van der Waals surface area contributed by atoms with Gasteiger partial charge in [-0.05, 0) is 36.8 Å². The Morgan fingerprint density at radius 2 is 1.84 bits per heavy atom. The fourth-order valence-corrected chi connectivity index (χ4v) is 3.37. The molecule has 2 aromatic heterocycles. The molecule has 0 saturated carbocycles. The molecule has 0 aliphatic carbocycles. The van der Waals surface area contributed by atoms with E-state index in [2.05, 4.69) is 15.6 Å². The van der Waals surface area contributed by atoms with E-state index in [0.717, 1.165) is 5.69 Å². The highest BCUT2D eigenvalue weighted by molar-refractivity contribution is 6.06. The minimum absolute atomic E-state index is 0.153. The number of carbonyl (C=O) groups excluding carboxylic acids is 3. The summed E-state index contributed by atoms with van der Waals surface area (Å²) in [5, 5.41) is 5.40. The Kier molecular flexibility index (Phi) is 7.09. The maximum absolute atomic E-state index is 13.2. The predicted molar refractivity (Wildman–Crippen MR) is 121 cm³/mol. The second-order valence-corrected chi connectivity index (χ2v) is 7.22. The molecule has 0 aliphatic rings. The Morgan fingerprint density at radius 1 is 1.09 bits per heavy atom. The first-order valence-electron chi connectivity index (χ1n) is 10.3. The minimum atomic E-state index is -0.281. The van der Waals surface area contributed by atoms with E-state index in [1.807, 2.05) is 6.92 Å². The zero-order valence-corrected chi connectivity index (χ0v) is 18.6. The molecule has 9 nitrogen and oxygen atoms in total. The molecule has 9 heteroatoms. The van der Waals surface area contributed by atoms with Gasteiger partial charge in [-0.1, -0.05) is 13.0 Å². The van der Waals surface area contributed by atoms with Crippen LogP contribution < -0.4 is 20.3 Å². The number of imidazole rings is 1. The normalized spacial score (nSPS) is 10.6. The van der Waals surface area contributed by atoms with Gasteiger partial charge in [0.15, 0.2) is 0 Å². The number of nitrogens with zero attached hydrogens (tertiary/aromatic N) is 3. The molecule has 2 N–H and O–H groups in total. The van der Waals surface area contributed by atoms with Gasteiger partial charge in [0.1, 0.15) is 17.2 Å². The van der Waals surface area contributed by atoms with Gasteiger partial charge >= 0.3 is 0 Å². The van der Waals surface area contributed by atoms with Crippen molar-refractivity contribution in [3.63, 3.8) is 0 Å². The number of methoxy groups -OCH3 is 1. The van der Waals surface area contributed by atoms with Crippen molar-refractivity contribution in [2.75, 3.05) is 32.1 Å². The van der Waals surface area contributed by atoms with E-state index in [-0.39, 0.29) is 17.7 Å². The van der Waals surface area contributed by atoms with Crippen molar-refractivity contribution in [2.45, 2.75) is 20.3 Å². The lowest BCUT2D eigenvalue weighted by atomic mass is 10.2. The van der Waals surface area contributed by atoms with Crippen molar-refractivity contribution in [2.24, 2.45) is 0 Å². The number of benzene rings is 1. The van der Waals surface area contributed by atoms with Crippen molar-refractivity contribution in [3.8, 4) is 5.75 Å². The summed E-state index contributed by atoms with van der Waals surface area (Å²) in [7, 11) is 3.24. The molecule has 3 rings (SSSR count). The lowest BCUT2D eigenvalue weighted by Gasteiger charge is -2.19. The van der Waals surface area contributed by atoms with Crippen LogP contribution in [-0.2, 0) is 11.2 Å². The molecule has 168 valence electrons. The molecule has 0 fully saturated rings. The quantitative estimate of drug-likeness (QED) is 0.525. The van der Waals surface area contributed by atoms with E-state index in [0.29, 0.717) is 47.9 Å². The Morgan fingerprint density at radius 3 is 2.53 bits per heavy atom. The fraction of sp³-hybridized carbons (Fsp3) is 0.304. The maximum atomic E-state index is 13.2. The first-order valence-corrected chi connectivity index (χ1v) is 10.3. The van der Waals surface area contributed by atoms with Crippen LogP contribution in [0.25, 0.3) is 5.65 Å². The summed E-state index contributed by atoms with van der Waals surface area (Å²) in [6, 6.07) is 10.4. The average Bonchev–Trinajstić information content (AvgIpc) is 3.18. The fourth-order valence-electron chi connectivity index (χ4n) is 3.37. The number of nitrogens with one attached hydrogen (secondary N) is 2. The summed E-state index contributed by atoms with van der Waals surface area (Å²) >= 11 is 0. The van der Waals surface area contributed by atoms with Gasteiger partial charge in [0, 0.05) is 38.8 Å². The maximum Gasteiger partial charge on any atom is 0.259 e. The summed E-state index contributed by atoms with van der Waals surface area (Å²) in [5.41, 5.74) is 2.28. The molecule has 0 radical (unpaired) electrons. The van der Waals surface area contributed by atoms with Crippen molar-refractivity contribution in [3.05, 3.63) is 59.4 Å². The molecule has 3 amide bonds. The van der Waals surface area contributed by atoms with E-state index in [4.69, 9.17) is 4.74 Å². The van der Waals surface area contributed by atoms with Gasteiger partial charge < -0.3 is 15.4 Å². The number of aromatic nitrogens is 2. The number of rotatable bonds is 8. The molecule has 0 saturated heterocycles. The Bertz CT molecular complexity index is 1150. The van der Waals surface area contributed by atoms with Crippen LogP contribution in [0.5, 0.6) is 5.75 Å². The zero-order valence-electron chi connectivity index (χ0n) is 18.6. The number of hydrogen-bond donors (Lipinski definition) is 2. The molecule has 32 heavy (non-hydrogen) atoms. The number of amides is 3.